The minimum atomic E-state index is -3.19. The molecular formula is C15H14Cl2N2O5S2. The standard InChI is InChI=1S/C15H14Cl2N2O5S2/c16-8-1-2-10(9(17)5-8)19-11-6-26(23,24)7-12(11)25-15(19)18-13(20)3-4-14(21)22/h1-2,5,11-12H,3-4,6-7H2,(H,21,22)/t11-,12+/m0/s1. The molecule has 0 bridgehead atoms. The van der Waals surface area contributed by atoms with Crippen LogP contribution < -0.4 is 4.90 Å². The van der Waals surface area contributed by atoms with Crippen molar-refractivity contribution < 1.29 is 23.1 Å². The summed E-state index contributed by atoms with van der Waals surface area (Å²) in [6.45, 7) is 0. The minimum absolute atomic E-state index is 0.00756. The second-order valence-electron chi connectivity index (χ2n) is 5.95. The number of aliphatic imine (C=N–C) groups is 1. The Bertz CT molecular complexity index is 903. The number of hydrogen-bond acceptors (Lipinski definition) is 5. The van der Waals surface area contributed by atoms with Crippen LogP contribution >= 0.6 is 35.0 Å². The third kappa shape index (κ3) is 4.16. The Kier molecular flexibility index (Phi) is 5.53. The number of rotatable bonds is 4. The van der Waals surface area contributed by atoms with E-state index >= 15 is 0 Å². The van der Waals surface area contributed by atoms with Gasteiger partial charge in [-0.05, 0) is 18.2 Å². The number of carbonyl (C=O) groups is 2. The Labute approximate surface area is 164 Å². The van der Waals surface area contributed by atoms with E-state index in [0.29, 0.717) is 20.9 Å². The van der Waals surface area contributed by atoms with E-state index in [1.807, 2.05) is 0 Å². The maximum Gasteiger partial charge on any atom is 0.303 e. The predicted molar refractivity (Wildman–Crippen MR) is 102 cm³/mol. The molecule has 26 heavy (non-hydrogen) atoms. The second-order valence-corrected chi connectivity index (χ2v) is 10.2. The second kappa shape index (κ2) is 7.38. The van der Waals surface area contributed by atoms with E-state index in [2.05, 4.69) is 4.99 Å². The van der Waals surface area contributed by atoms with Crippen molar-refractivity contribution in [1.29, 1.82) is 0 Å². The number of carboxylic acids is 1. The Morgan fingerprint density at radius 2 is 2.00 bits per heavy atom. The van der Waals surface area contributed by atoms with E-state index in [0.717, 1.165) is 0 Å². The predicted octanol–water partition coefficient (Wildman–Crippen LogP) is 2.46. The summed E-state index contributed by atoms with van der Waals surface area (Å²) in [7, 11) is -3.19. The van der Waals surface area contributed by atoms with E-state index in [-0.39, 0.29) is 29.6 Å². The van der Waals surface area contributed by atoms with Crippen LogP contribution in [-0.4, -0.2) is 53.4 Å². The van der Waals surface area contributed by atoms with Gasteiger partial charge in [-0.25, -0.2) is 8.42 Å². The number of carboxylic acid groups (broad SMARTS) is 1. The maximum atomic E-state index is 12.0. The van der Waals surface area contributed by atoms with Crippen molar-refractivity contribution in [2.45, 2.75) is 24.1 Å². The summed E-state index contributed by atoms with van der Waals surface area (Å²) < 4.78 is 24.0. The molecule has 3 rings (SSSR count). The number of thioether (sulfide) groups is 1. The highest BCUT2D eigenvalue weighted by Crippen LogP contribution is 2.43. The highest BCUT2D eigenvalue weighted by atomic mass is 35.5. The molecule has 0 saturated carbocycles. The first-order chi connectivity index (χ1) is 12.2. The van der Waals surface area contributed by atoms with Gasteiger partial charge < -0.3 is 10.0 Å². The van der Waals surface area contributed by atoms with Crippen molar-refractivity contribution in [1.82, 2.24) is 0 Å². The van der Waals surface area contributed by atoms with Gasteiger partial charge in [0, 0.05) is 16.7 Å². The molecule has 0 radical (unpaired) electrons. The number of amidine groups is 1. The average Bonchev–Trinajstić information content (AvgIpc) is 2.97. The normalized spacial score (nSPS) is 25.5. The summed E-state index contributed by atoms with van der Waals surface area (Å²) in [6.07, 6.45) is -0.543. The molecule has 140 valence electrons. The van der Waals surface area contributed by atoms with Gasteiger partial charge in [-0.2, -0.15) is 4.99 Å². The molecule has 7 nitrogen and oxygen atoms in total. The topological polar surface area (TPSA) is 104 Å². The van der Waals surface area contributed by atoms with Gasteiger partial charge >= 0.3 is 5.97 Å². The number of carbonyl (C=O) groups excluding carboxylic acids is 1. The van der Waals surface area contributed by atoms with Crippen molar-refractivity contribution in [3.8, 4) is 0 Å². The van der Waals surface area contributed by atoms with Gasteiger partial charge in [0.05, 0.1) is 34.7 Å². The maximum absolute atomic E-state index is 12.0. The van der Waals surface area contributed by atoms with Crippen LogP contribution in [0, 0.1) is 0 Å². The summed E-state index contributed by atoms with van der Waals surface area (Å²) in [6, 6.07) is 4.41. The lowest BCUT2D eigenvalue weighted by molar-refractivity contribution is -0.138. The highest BCUT2D eigenvalue weighted by Gasteiger charge is 2.49. The Morgan fingerprint density at radius 3 is 2.65 bits per heavy atom. The lowest BCUT2D eigenvalue weighted by atomic mass is 10.2. The number of sulfone groups is 1. The molecule has 2 heterocycles. The molecule has 1 N–H and O–H groups in total. The summed E-state index contributed by atoms with van der Waals surface area (Å²) in [5, 5.41) is 9.50. The first-order valence-corrected chi connectivity index (χ1v) is 11.1. The Balaban J connectivity index is 1.96. The summed E-state index contributed by atoms with van der Waals surface area (Å²) >= 11 is 13.4. The van der Waals surface area contributed by atoms with Gasteiger partial charge in [-0.3, -0.25) is 9.59 Å². The third-order valence-corrected chi connectivity index (χ3v) is 7.76. The molecule has 1 aromatic carbocycles. The molecule has 2 fully saturated rings. The highest BCUT2D eigenvalue weighted by molar-refractivity contribution is 8.16. The van der Waals surface area contributed by atoms with E-state index in [1.54, 1.807) is 17.0 Å². The molecule has 0 aliphatic carbocycles. The van der Waals surface area contributed by atoms with Crippen LogP contribution in [0.1, 0.15) is 12.8 Å². The van der Waals surface area contributed by atoms with Crippen molar-refractivity contribution in [3.63, 3.8) is 0 Å². The van der Waals surface area contributed by atoms with Crippen LogP contribution in [0.25, 0.3) is 0 Å². The zero-order chi connectivity index (χ0) is 19.1. The number of nitrogens with zero attached hydrogens (tertiary/aromatic N) is 2. The van der Waals surface area contributed by atoms with Gasteiger partial charge in [0.1, 0.15) is 0 Å². The van der Waals surface area contributed by atoms with Gasteiger partial charge in [-0.1, -0.05) is 35.0 Å². The molecule has 1 aromatic rings. The van der Waals surface area contributed by atoms with Crippen molar-refractivity contribution in [2.75, 3.05) is 16.4 Å². The van der Waals surface area contributed by atoms with E-state index in [1.165, 1.54) is 17.8 Å². The van der Waals surface area contributed by atoms with Crippen LogP contribution in [0.15, 0.2) is 23.2 Å². The fourth-order valence-corrected chi connectivity index (χ4v) is 7.32. The van der Waals surface area contributed by atoms with Gasteiger partial charge in [-0.15, -0.1) is 0 Å². The van der Waals surface area contributed by atoms with Crippen molar-refractivity contribution in [2.24, 2.45) is 4.99 Å². The number of halogens is 2. The summed E-state index contributed by atoms with van der Waals surface area (Å²) in [5.41, 5.74) is 0.512. The largest absolute Gasteiger partial charge is 0.481 e. The fraction of sp³-hybridized carbons (Fsp3) is 0.400. The lowest BCUT2D eigenvalue weighted by Crippen LogP contribution is -2.37. The first kappa shape index (κ1) is 19.5. The van der Waals surface area contributed by atoms with E-state index in [9.17, 15) is 18.0 Å². The zero-order valence-electron chi connectivity index (χ0n) is 13.3. The van der Waals surface area contributed by atoms with Crippen LogP contribution in [0.5, 0.6) is 0 Å². The molecule has 0 aromatic heterocycles. The molecule has 2 saturated heterocycles. The SMILES string of the molecule is O=C(O)CCC(=O)N=C1S[C@@H]2CS(=O)(=O)C[C@@H]2N1c1ccc(Cl)cc1Cl. The van der Waals surface area contributed by atoms with Crippen LogP contribution in [0.3, 0.4) is 0 Å². The summed E-state index contributed by atoms with van der Waals surface area (Å²) in [4.78, 5) is 28.3. The number of benzene rings is 1. The van der Waals surface area contributed by atoms with Crippen LogP contribution in [0.4, 0.5) is 5.69 Å². The third-order valence-electron chi connectivity index (χ3n) is 4.01. The van der Waals surface area contributed by atoms with Crippen LogP contribution in [0.2, 0.25) is 10.0 Å². The molecule has 1 amide bonds. The molecular weight excluding hydrogens is 423 g/mol. The molecule has 2 atom stereocenters. The lowest BCUT2D eigenvalue weighted by Gasteiger charge is -2.25. The number of anilines is 1. The quantitative estimate of drug-likeness (QED) is 0.772. The molecule has 2 aliphatic rings. The fourth-order valence-electron chi connectivity index (χ4n) is 2.90. The molecule has 0 unspecified atom stereocenters. The number of aliphatic carboxylic acids is 1. The summed E-state index contributed by atoms with van der Waals surface area (Å²) in [5.74, 6) is -1.73. The number of hydrogen-bond donors (Lipinski definition) is 1. The zero-order valence-corrected chi connectivity index (χ0v) is 16.4. The number of amides is 1. The smallest absolute Gasteiger partial charge is 0.303 e. The van der Waals surface area contributed by atoms with Crippen molar-refractivity contribution >= 4 is 67.5 Å². The monoisotopic (exact) mass is 436 g/mol. The number of fused-ring (bicyclic) bond motifs is 1. The van der Waals surface area contributed by atoms with Gasteiger partial charge in [0.15, 0.2) is 15.0 Å². The van der Waals surface area contributed by atoms with E-state index in [4.69, 9.17) is 28.3 Å². The first-order valence-electron chi connectivity index (χ1n) is 7.61. The van der Waals surface area contributed by atoms with Crippen molar-refractivity contribution in [3.05, 3.63) is 28.2 Å². The minimum Gasteiger partial charge on any atom is -0.481 e. The van der Waals surface area contributed by atoms with E-state index < -0.39 is 27.8 Å². The molecule has 2 aliphatic heterocycles. The van der Waals surface area contributed by atoms with Gasteiger partial charge in [0.25, 0.3) is 0 Å². The Hall–Kier alpha value is -1.29. The Morgan fingerprint density at radius 1 is 1.27 bits per heavy atom. The average molecular weight is 437 g/mol. The van der Waals surface area contributed by atoms with Crippen LogP contribution in [-0.2, 0) is 19.4 Å². The molecule has 11 heteroatoms. The molecule has 0 spiro atoms. The van der Waals surface area contributed by atoms with Gasteiger partial charge in [0.2, 0.25) is 5.91 Å².